The third-order valence-electron chi connectivity index (χ3n) is 4.23. The maximum atomic E-state index is 12.3. The van der Waals surface area contributed by atoms with Crippen LogP contribution in [-0.2, 0) is 11.3 Å². The third kappa shape index (κ3) is 4.37. The maximum Gasteiger partial charge on any atom is 0.226 e. The van der Waals surface area contributed by atoms with Gasteiger partial charge in [-0.3, -0.25) is 9.78 Å². The van der Waals surface area contributed by atoms with Crippen LogP contribution in [0.4, 0.5) is 5.69 Å². The first-order valence-electron chi connectivity index (χ1n) is 8.66. The zero-order chi connectivity index (χ0) is 18.4. The van der Waals surface area contributed by atoms with Crippen molar-refractivity contribution in [2.45, 2.75) is 25.9 Å². The molecule has 0 spiro atoms. The van der Waals surface area contributed by atoms with Crippen LogP contribution >= 0.6 is 0 Å². The van der Waals surface area contributed by atoms with Crippen molar-refractivity contribution in [3.8, 4) is 5.75 Å². The number of nitrogens with zero attached hydrogens (tertiary/aromatic N) is 1. The van der Waals surface area contributed by atoms with Gasteiger partial charge in [-0.15, -0.1) is 0 Å². The zero-order valence-corrected chi connectivity index (χ0v) is 15.0. The summed E-state index contributed by atoms with van der Waals surface area (Å²) in [6.45, 7) is 2.66. The molecule has 3 aromatic rings. The van der Waals surface area contributed by atoms with Crippen LogP contribution in [0.25, 0.3) is 10.9 Å². The number of methoxy groups -OCH3 is 1. The van der Waals surface area contributed by atoms with Crippen LogP contribution in [0, 0.1) is 0 Å². The number of carbonyl (C=O) groups excluding carboxylic acids is 1. The molecule has 5 nitrogen and oxygen atoms in total. The maximum absolute atomic E-state index is 12.3. The van der Waals surface area contributed by atoms with Crippen molar-refractivity contribution < 1.29 is 9.53 Å². The van der Waals surface area contributed by atoms with E-state index in [2.05, 4.69) is 33.8 Å². The van der Waals surface area contributed by atoms with Crippen LogP contribution in [-0.4, -0.2) is 24.0 Å². The molecule has 5 heteroatoms. The second kappa shape index (κ2) is 8.45. The first-order valence-corrected chi connectivity index (χ1v) is 8.66. The van der Waals surface area contributed by atoms with Crippen molar-refractivity contribution in [2.24, 2.45) is 0 Å². The van der Waals surface area contributed by atoms with E-state index in [0.29, 0.717) is 24.4 Å². The fourth-order valence-electron chi connectivity index (χ4n) is 2.89. The molecule has 1 aromatic heterocycles. The number of nitrogens with one attached hydrogen (secondary N) is 2. The lowest BCUT2D eigenvalue weighted by atomic mass is 10.1. The highest BCUT2D eigenvalue weighted by Crippen LogP contribution is 2.23. The molecular formula is C21H23N3O2. The second-order valence-electron chi connectivity index (χ2n) is 6.23. The topological polar surface area (TPSA) is 63.2 Å². The summed E-state index contributed by atoms with van der Waals surface area (Å²) in [5.74, 6) is 0.605. The van der Waals surface area contributed by atoms with Crippen molar-refractivity contribution >= 4 is 22.5 Å². The Balaban J connectivity index is 1.57. The van der Waals surface area contributed by atoms with E-state index in [9.17, 15) is 4.79 Å². The molecule has 1 heterocycles. The normalized spacial score (nSPS) is 11.9. The first kappa shape index (κ1) is 17.9. The fraction of sp³-hybridized carbons (Fsp3) is 0.238. The number of pyridine rings is 1. The number of hydrogen-bond acceptors (Lipinski definition) is 4. The van der Waals surface area contributed by atoms with Crippen molar-refractivity contribution in [3.63, 3.8) is 0 Å². The minimum atomic E-state index is -0.0504. The van der Waals surface area contributed by atoms with Crippen molar-refractivity contribution in [1.29, 1.82) is 0 Å². The van der Waals surface area contributed by atoms with Crippen LogP contribution in [0.5, 0.6) is 5.75 Å². The quantitative estimate of drug-likeness (QED) is 0.682. The molecule has 0 radical (unpaired) electrons. The monoisotopic (exact) mass is 349 g/mol. The number of carbonyl (C=O) groups is 1. The fourth-order valence-corrected chi connectivity index (χ4v) is 2.89. The standard InChI is InChI=1S/C21H23N3O2/c1-15(13-20(25)24-18-10-3-4-11-19(18)26-2)23-14-17-8-5-7-16-9-6-12-22-21(16)17/h3-12,15,23H,13-14H2,1-2H3,(H,24,25). The van der Waals surface area contributed by atoms with Gasteiger partial charge >= 0.3 is 0 Å². The first-order chi connectivity index (χ1) is 12.7. The number of ether oxygens (including phenoxy) is 1. The van der Waals surface area contributed by atoms with Gasteiger partial charge in [-0.2, -0.15) is 0 Å². The molecule has 0 bridgehead atoms. The van der Waals surface area contributed by atoms with Gasteiger partial charge in [-0.1, -0.05) is 36.4 Å². The lowest BCUT2D eigenvalue weighted by molar-refractivity contribution is -0.116. The molecule has 1 unspecified atom stereocenters. The van der Waals surface area contributed by atoms with E-state index in [-0.39, 0.29) is 11.9 Å². The predicted octanol–water partition coefficient (Wildman–Crippen LogP) is 3.75. The number of fused-ring (bicyclic) bond motifs is 1. The molecule has 2 N–H and O–H groups in total. The smallest absolute Gasteiger partial charge is 0.226 e. The SMILES string of the molecule is COc1ccccc1NC(=O)CC(C)NCc1cccc2cccnc12. The molecule has 0 aliphatic heterocycles. The van der Waals surface area contributed by atoms with E-state index in [1.54, 1.807) is 13.3 Å². The Labute approximate surface area is 153 Å². The van der Waals surface area contributed by atoms with Crippen molar-refractivity contribution in [3.05, 3.63) is 66.4 Å². The minimum absolute atomic E-state index is 0.0312. The van der Waals surface area contributed by atoms with Crippen molar-refractivity contribution in [1.82, 2.24) is 10.3 Å². The molecule has 26 heavy (non-hydrogen) atoms. The summed E-state index contributed by atoms with van der Waals surface area (Å²) in [5, 5.41) is 7.43. The Kier molecular flexibility index (Phi) is 5.81. The number of rotatable bonds is 7. The Bertz CT molecular complexity index is 890. The highest BCUT2D eigenvalue weighted by molar-refractivity contribution is 5.92. The summed E-state index contributed by atoms with van der Waals surface area (Å²) in [7, 11) is 1.59. The highest BCUT2D eigenvalue weighted by atomic mass is 16.5. The largest absolute Gasteiger partial charge is 0.495 e. The van der Waals surface area contributed by atoms with Crippen LogP contribution in [0.2, 0.25) is 0 Å². The van der Waals surface area contributed by atoms with E-state index in [4.69, 9.17) is 4.74 Å². The average molecular weight is 349 g/mol. The minimum Gasteiger partial charge on any atom is -0.495 e. The van der Waals surface area contributed by atoms with Gasteiger partial charge in [0.1, 0.15) is 5.75 Å². The number of anilines is 1. The van der Waals surface area contributed by atoms with Gasteiger partial charge in [0.15, 0.2) is 0 Å². The Morgan fingerprint density at radius 1 is 1.12 bits per heavy atom. The van der Waals surface area contributed by atoms with E-state index >= 15 is 0 Å². The van der Waals surface area contributed by atoms with E-state index < -0.39 is 0 Å². The van der Waals surface area contributed by atoms with Gasteiger partial charge in [0, 0.05) is 30.6 Å². The molecule has 2 aromatic carbocycles. The Morgan fingerprint density at radius 3 is 2.77 bits per heavy atom. The molecule has 0 aliphatic rings. The summed E-state index contributed by atoms with van der Waals surface area (Å²) in [4.78, 5) is 16.8. The van der Waals surface area contributed by atoms with Crippen LogP contribution < -0.4 is 15.4 Å². The van der Waals surface area contributed by atoms with Crippen LogP contribution in [0.15, 0.2) is 60.8 Å². The number of hydrogen-bond donors (Lipinski definition) is 2. The molecule has 3 rings (SSSR count). The molecular weight excluding hydrogens is 326 g/mol. The highest BCUT2D eigenvalue weighted by Gasteiger charge is 2.12. The molecule has 134 valence electrons. The van der Waals surface area contributed by atoms with Gasteiger partial charge in [0.25, 0.3) is 0 Å². The summed E-state index contributed by atoms with van der Waals surface area (Å²) in [5.41, 5.74) is 2.80. The van der Waals surface area contributed by atoms with Crippen LogP contribution in [0.3, 0.4) is 0 Å². The summed E-state index contributed by atoms with van der Waals surface area (Å²) in [6, 6.07) is 17.6. The zero-order valence-electron chi connectivity index (χ0n) is 15.0. The molecule has 0 fully saturated rings. The summed E-state index contributed by atoms with van der Waals surface area (Å²) in [6.07, 6.45) is 2.17. The summed E-state index contributed by atoms with van der Waals surface area (Å²) >= 11 is 0. The van der Waals surface area contributed by atoms with E-state index in [1.165, 1.54) is 0 Å². The number of amides is 1. The lowest BCUT2D eigenvalue weighted by Crippen LogP contribution is -2.30. The molecule has 1 atom stereocenters. The molecule has 1 amide bonds. The number of para-hydroxylation sites is 3. The van der Waals surface area contributed by atoms with Gasteiger partial charge in [0.2, 0.25) is 5.91 Å². The molecule has 0 saturated carbocycles. The third-order valence-corrected chi connectivity index (χ3v) is 4.23. The second-order valence-corrected chi connectivity index (χ2v) is 6.23. The van der Waals surface area contributed by atoms with E-state index in [0.717, 1.165) is 16.5 Å². The van der Waals surface area contributed by atoms with Gasteiger partial charge in [-0.25, -0.2) is 0 Å². The Morgan fingerprint density at radius 2 is 1.92 bits per heavy atom. The van der Waals surface area contributed by atoms with Crippen LogP contribution in [0.1, 0.15) is 18.9 Å². The number of benzene rings is 2. The van der Waals surface area contributed by atoms with Gasteiger partial charge in [0.05, 0.1) is 18.3 Å². The number of aromatic nitrogens is 1. The van der Waals surface area contributed by atoms with Gasteiger partial charge < -0.3 is 15.4 Å². The van der Waals surface area contributed by atoms with E-state index in [1.807, 2.05) is 43.3 Å². The Hall–Kier alpha value is -2.92. The van der Waals surface area contributed by atoms with Crippen molar-refractivity contribution in [2.75, 3.05) is 12.4 Å². The summed E-state index contributed by atoms with van der Waals surface area (Å²) < 4.78 is 5.26. The predicted molar refractivity (Wildman–Crippen MR) is 104 cm³/mol. The average Bonchev–Trinajstić information content (AvgIpc) is 2.66. The lowest BCUT2D eigenvalue weighted by Gasteiger charge is -2.15. The molecule has 0 saturated heterocycles. The van der Waals surface area contributed by atoms with Gasteiger partial charge in [-0.05, 0) is 30.7 Å². The molecule has 0 aliphatic carbocycles.